The highest BCUT2D eigenvalue weighted by atomic mass is 16.8. The molecule has 12 N–H and O–H groups in total. The molecule has 19 nitrogen and oxygen atoms in total. The fraction of sp³-hybridized carbons (Fsp3) is 0.943. The topological polar surface area (TPSA) is 307 Å². The summed E-state index contributed by atoms with van der Waals surface area (Å²) < 4.78 is 34.5. The van der Waals surface area contributed by atoms with E-state index in [9.17, 15) is 61.0 Å². The number of amides is 1. The molecule has 0 aromatic carbocycles. The maximum Gasteiger partial charge on any atom is 0.220 e. The van der Waals surface area contributed by atoms with Gasteiger partial charge in [-0.25, -0.2) is 0 Å². The van der Waals surface area contributed by atoms with E-state index in [2.05, 4.69) is 31.3 Å². The fourth-order valence-electron chi connectivity index (χ4n) is 15.5. The molecule has 0 radical (unpaired) electrons. The molecule has 632 valence electrons. The fourth-order valence-corrected chi connectivity index (χ4v) is 15.5. The molecule has 0 aliphatic carbocycles. The SMILES string of the molecule is CCCCCCCCCC/C=C\CCCCCCCCCCCCCCCCCCCCCCCCCCCCCC(=O)NC(COC1OC(CO)C(OC2OC(CO)C(OC3OC(CO)C(O)C(O)C3O)C(O)C2O)C(O)C1O)C(O)/C=C/CCCCCCCCCCCCCCCCCCCCCCC. The van der Waals surface area contributed by atoms with Crippen LogP contribution in [0.15, 0.2) is 24.3 Å². The van der Waals surface area contributed by atoms with Gasteiger partial charge in [-0.15, -0.1) is 0 Å². The second-order valence-electron chi connectivity index (χ2n) is 32.4. The molecule has 0 aromatic rings. The molecular formula is C88H167NO18. The lowest BCUT2D eigenvalue weighted by Crippen LogP contribution is -2.66. The lowest BCUT2D eigenvalue weighted by Gasteiger charge is -2.48. The summed E-state index contributed by atoms with van der Waals surface area (Å²) in [6.45, 7) is 1.81. The number of aliphatic hydroxyl groups is 11. The van der Waals surface area contributed by atoms with Crippen LogP contribution in [0.5, 0.6) is 0 Å². The maximum atomic E-state index is 13.5. The molecule has 3 fully saturated rings. The monoisotopic (exact) mass is 1530 g/mol. The zero-order chi connectivity index (χ0) is 77.4. The molecule has 107 heavy (non-hydrogen) atoms. The van der Waals surface area contributed by atoms with Crippen LogP contribution in [0.1, 0.15) is 399 Å². The van der Waals surface area contributed by atoms with Gasteiger partial charge in [-0.05, 0) is 44.9 Å². The van der Waals surface area contributed by atoms with E-state index in [1.54, 1.807) is 6.08 Å². The van der Waals surface area contributed by atoms with Gasteiger partial charge in [0.25, 0.3) is 0 Å². The third-order valence-corrected chi connectivity index (χ3v) is 22.7. The second kappa shape index (κ2) is 68.7. The summed E-state index contributed by atoms with van der Waals surface area (Å²) in [5.41, 5.74) is 0. The summed E-state index contributed by atoms with van der Waals surface area (Å²) in [6, 6.07) is -0.972. The molecule has 17 atom stereocenters. The summed E-state index contributed by atoms with van der Waals surface area (Å²) >= 11 is 0. The predicted molar refractivity (Wildman–Crippen MR) is 430 cm³/mol. The van der Waals surface area contributed by atoms with Crippen LogP contribution in [0.3, 0.4) is 0 Å². The molecule has 3 aliphatic rings. The van der Waals surface area contributed by atoms with E-state index in [-0.39, 0.29) is 18.9 Å². The minimum atomic E-state index is -1.98. The minimum absolute atomic E-state index is 0.249. The first-order chi connectivity index (χ1) is 52.3. The molecular weight excluding hydrogens is 1360 g/mol. The first-order valence-electron chi connectivity index (χ1n) is 45.1. The molecule has 0 aromatic heterocycles. The molecule has 3 heterocycles. The number of rotatable bonds is 74. The van der Waals surface area contributed by atoms with E-state index in [4.69, 9.17) is 28.4 Å². The Hall–Kier alpha value is -1.73. The van der Waals surface area contributed by atoms with Gasteiger partial charge in [0.05, 0.1) is 38.6 Å². The second-order valence-corrected chi connectivity index (χ2v) is 32.4. The van der Waals surface area contributed by atoms with Crippen molar-refractivity contribution in [3.63, 3.8) is 0 Å². The standard InChI is InChI=1S/C88H167NO18/c1-3-5-7-9-11-13-15-17-19-21-23-25-27-28-29-30-31-32-33-34-35-36-37-38-39-40-41-42-44-46-48-50-52-54-56-58-60-62-64-66-76(94)89-71(72(93)65-63-61-59-57-55-53-51-49-47-45-43-26-24-22-20-18-16-14-12-10-8-6-4-2)70-102-86-82(100)79(97)84(74(68-91)104-86)107-88-83(101)80(98)85(75(69-92)105-88)106-87-81(99)78(96)77(95)73(67-90)103-87/h21,23,63,65,71-75,77-88,90-93,95-101H,3-20,22,24-62,64,66-70H2,1-2H3,(H,89,94)/b23-21-,65-63+. The van der Waals surface area contributed by atoms with E-state index in [0.29, 0.717) is 6.42 Å². The average molecular weight is 1530 g/mol. The molecule has 19 heteroatoms. The van der Waals surface area contributed by atoms with Crippen LogP contribution in [0.4, 0.5) is 0 Å². The number of carbonyl (C=O) groups excluding carboxylic acids is 1. The minimum Gasteiger partial charge on any atom is -0.394 e. The van der Waals surface area contributed by atoms with Gasteiger partial charge in [0.2, 0.25) is 5.91 Å². The highest BCUT2D eigenvalue weighted by Gasteiger charge is 2.54. The average Bonchev–Trinajstić information content (AvgIpc) is 0.781. The van der Waals surface area contributed by atoms with Crippen molar-refractivity contribution < 1.29 is 89.4 Å². The van der Waals surface area contributed by atoms with Crippen LogP contribution >= 0.6 is 0 Å². The number of allylic oxidation sites excluding steroid dienone is 3. The van der Waals surface area contributed by atoms with Crippen molar-refractivity contribution in [2.24, 2.45) is 0 Å². The summed E-state index contributed by atoms with van der Waals surface area (Å²) in [4.78, 5) is 13.5. The molecule has 0 spiro atoms. The maximum absolute atomic E-state index is 13.5. The third kappa shape index (κ3) is 47.7. The zero-order valence-electron chi connectivity index (χ0n) is 68.2. The van der Waals surface area contributed by atoms with Crippen LogP contribution in [0.25, 0.3) is 0 Å². The largest absolute Gasteiger partial charge is 0.394 e. The van der Waals surface area contributed by atoms with Crippen molar-refractivity contribution in [2.75, 3.05) is 26.4 Å². The summed E-state index contributed by atoms with van der Waals surface area (Å²) in [5.74, 6) is -0.266. The van der Waals surface area contributed by atoms with Gasteiger partial charge < -0.3 is 89.9 Å². The van der Waals surface area contributed by atoms with Crippen LogP contribution in [0, 0.1) is 0 Å². The van der Waals surface area contributed by atoms with Crippen LogP contribution in [0.2, 0.25) is 0 Å². The van der Waals surface area contributed by atoms with E-state index in [1.807, 2.05) is 6.08 Å². The van der Waals surface area contributed by atoms with Gasteiger partial charge in [0.15, 0.2) is 18.9 Å². The Morgan fingerprint density at radius 2 is 0.589 bits per heavy atom. The highest BCUT2D eigenvalue weighted by Crippen LogP contribution is 2.34. The molecule has 3 aliphatic heterocycles. The molecule has 17 unspecified atom stereocenters. The van der Waals surface area contributed by atoms with Crippen molar-refractivity contribution in [1.82, 2.24) is 5.32 Å². The first-order valence-corrected chi connectivity index (χ1v) is 45.1. The van der Waals surface area contributed by atoms with Crippen molar-refractivity contribution >= 4 is 5.91 Å². The van der Waals surface area contributed by atoms with E-state index < -0.39 is 124 Å². The number of aliphatic hydroxyl groups excluding tert-OH is 11. The number of ether oxygens (including phenoxy) is 6. The number of carbonyl (C=O) groups is 1. The third-order valence-electron chi connectivity index (χ3n) is 22.7. The molecule has 3 rings (SSSR count). The quantitative estimate of drug-likeness (QED) is 0.0199. The molecule has 3 saturated heterocycles. The van der Waals surface area contributed by atoms with Gasteiger partial charge in [-0.1, -0.05) is 372 Å². The summed E-state index contributed by atoms with van der Waals surface area (Å²) in [7, 11) is 0. The van der Waals surface area contributed by atoms with E-state index in [1.165, 1.54) is 327 Å². The van der Waals surface area contributed by atoms with Gasteiger partial charge >= 0.3 is 0 Å². The van der Waals surface area contributed by atoms with Gasteiger partial charge in [-0.2, -0.15) is 0 Å². The van der Waals surface area contributed by atoms with Crippen molar-refractivity contribution in [3.05, 3.63) is 24.3 Å². The Morgan fingerprint density at radius 3 is 0.907 bits per heavy atom. The Morgan fingerprint density at radius 1 is 0.327 bits per heavy atom. The number of unbranched alkanes of at least 4 members (excludes halogenated alkanes) is 56. The van der Waals surface area contributed by atoms with Crippen molar-refractivity contribution in [3.8, 4) is 0 Å². The van der Waals surface area contributed by atoms with Gasteiger partial charge in [0, 0.05) is 6.42 Å². The Bertz CT molecular complexity index is 2020. The molecule has 0 saturated carbocycles. The number of hydrogen-bond donors (Lipinski definition) is 12. The number of nitrogens with one attached hydrogen (secondary N) is 1. The Labute approximate surface area is 651 Å². The van der Waals surface area contributed by atoms with Crippen LogP contribution in [-0.2, 0) is 33.2 Å². The smallest absolute Gasteiger partial charge is 0.220 e. The summed E-state index contributed by atoms with van der Waals surface area (Å²) in [6.07, 6.45) is 59.1. The molecule has 0 bridgehead atoms. The van der Waals surface area contributed by atoms with Crippen molar-refractivity contribution in [1.29, 1.82) is 0 Å². The normalized spacial score (nSPS) is 25.6. The van der Waals surface area contributed by atoms with Crippen molar-refractivity contribution in [2.45, 2.75) is 503 Å². The Kier molecular flexibility index (Phi) is 63.8. The van der Waals surface area contributed by atoms with E-state index in [0.717, 1.165) is 44.9 Å². The van der Waals surface area contributed by atoms with Gasteiger partial charge in [0.1, 0.15) is 73.2 Å². The zero-order valence-corrected chi connectivity index (χ0v) is 68.2. The van der Waals surface area contributed by atoms with Crippen LogP contribution in [-0.4, -0.2) is 193 Å². The molecule has 1 amide bonds. The summed E-state index contributed by atoms with van der Waals surface area (Å²) in [5, 5.41) is 121. The lowest BCUT2D eigenvalue weighted by atomic mass is 9.96. The van der Waals surface area contributed by atoms with Gasteiger partial charge in [-0.3, -0.25) is 4.79 Å². The first kappa shape index (κ1) is 99.5. The predicted octanol–water partition coefficient (Wildman–Crippen LogP) is 16.9. The number of hydrogen-bond acceptors (Lipinski definition) is 18. The van der Waals surface area contributed by atoms with E-state index >= 15 is 0 Å². The van der Waals surface area contributed by atoms with Crippen LogP contribution < -0.4 is 5.32 Å². The Balaban J connectivity index is 1.30. The highest BCUT2D eigenvalue weighted by molar-refractivity contribution is 5.76. The lowest BCUT2D eigenvalue weighted by molar-refractivity contribution is -0.379.